The number of nitrogens with two attached hydrogens (primary N) is 2. The van der Waals surface area contributed by atoms with E-state index < -0.39 is 5.82 Å². The van der Waals surface area contributed by atoms with Gasteiger partial charge in [0.1, 0.15) is 11.6 Å². The first-order valence-electron chi connectivity index (χ1n) is 7.27. The highest BCUT2D eigenvalue weighted by Crippen LogP contribution is 2.27. The molecule has 3 rings (SSSR count). The van der Waals surface area contributed by atoms with Crippen molar-refractivity contribution in [2.45, 2.75) is 20.4 Å². The van der Waals surface area contributed by atoms with Gasteiger partial charge >= 0.3 is 0 Å². The van der Waals surface area contributed by atoms with Gasteiger partial charge in [-0.05, 0) is 37.6 Å². The van der Waals surface area contributed by atoms with Crippen molar-refractivity contribution in [1.82, 2.24) is 9.55 Å². The van der Waals surface area contributed by atoms with Crippen molar-refractivity contribution in [1.29, 1.82) is 0 Å². The van der Waals surface area contributed by atoms with Gasteiger partial charge in [0.2, 0.25) is 0 Å². The van der Waals surface area contributed by atoms with Gasteiger partial charge in [-0.1, -0.05) is 0 Å². The number of nitrogen functional groups attached to an aromatic ring is 2. The SMILES string of the molecule is CCn1c(=O)c(-c2cc(N)c(C)cc2F)cc2cnc(N)cc21. The molecular weight excluding hydrogens is 295 g/mol. The highest BCUT2D eigenvalue weighted by molar-refractivity contribution is 5.85. The zero-order valence-corrected chi connectivity index (χ0v) is 12.9. The summed E-state index contributed by atoms with van der Waals surface area (Å²) in [6.07, 6.45) is 1.58. The summed E-state index contributed by atoms with van der Waals surface area (Å²) in [4.78, 5) is 16.8. The van der Waals surface area contributed by atoms with E-state index in [-0.39, 0.29) is 16.7 Å². The predicted octanol–water partition coefficient (Wildman–Crippen LogP) is 2.70. The molecule has 0 radical (unpaired) electrons. The van der Waals surface area contributed by atoms with E-state index >= 15 is 0 Å². The first kappa shape index (κ1) is 15.0. The van der Waals surface area contributed by atoms with Gasteiger partial charge in [-0.3, -0.25) is 4.79 Å². The van der Waals surface area contributed by atoms with Gasteiger partial charge in [0.15, 0.2) is 0 Å². The van der Waals surface area contributed by atoms with Crippen molar-refractivity contribution in [2.75, 3.05) is 11.5 Å². The predicted molar refractivity (Wildman–Crippen MR) is 90.6 cm³/mol. The van der Waals surface area contributed by atoms with Crippen LogP contribution in [-0.4, -0.2) is 9.55 Å². The minimum absolute atomic E-state index is 0.194. The van der Waals surface area contributed by atoms with Crippen LogP contribution >= 0.6 is 0 Å². The Hall–Kier alpha value is -2.89. The van der Waals surface area contributed by atoms with Crippen LogP contribution in [0.25, 0.3) is 22.0 Å². The topological polar surface area (TPSA) is 86.9 Å². The van der Waals surface area contributed by atoms with Crippen molar-refractivity contribution in [3.05, 3.63) is 52.2 Å². The highest BCUT2D eigenvalue weighted by atomic mass is 19.1. The third kappa shape index (κ3) is 2.42. The van der Waals surface area contributed by atoms with Crippen LogP contribution in [0.15, 0.2) is 35.3 Å². The molecule has 2 aromatic heterocycles. The first-order chi connectivity index (χ1) is 10.9. The Bertz CT molecular complexity index is 978. The summed E-state index contributed by atoms with van der Waals surface area (Å²) in [5.74, 6) is -0.142. The van der Waals surface area contributed by atoms with E-state index in [0.29, 0.717) is 34.5 Å². The second-order valence-corrected chi connectivity index (χ2v) is 5.46. The number of pyridine rings is 2. The Balaban J connectivity index is 2.39. The normalized spacial score (nSPS) is 11.1. The lowest BCUT2D eigenvalue weighted by Gasteiger charge is -2.13. The molecular formula is C17H17FN4O. The number of aromatic nitrogens is 2. The van der Waals surface area contributed by atoms with Crippen molar-refractivity contribution < 1.29 is 4.39 Å². The smallest absolute Gasteiger partial charge is 0.259 e. The minimum atomic E-state index is -0.473. The number of nitrogens with zero attached hydrogens (tertiary/aromatic N) is 2. The molecule has 0 unspecified atom stereocenters. The van der Waals surface area contributed by atoms with E-state index in [1.54, 1.807) is 29.8 Å². The molecule has 0 aliphatic rings. The molecule has 6 heteroatoms. The molecule has 3 aromatic rings. The zero-order valence-electron chi connectivity index (χ0n) is 12.9. The maximum atomic E-state index is 14.4. The molecule has 1 aromatic carbocycles. The Kier molecular flexibility index (Phi) is 3.52. The molecule has 0 atom stereocenters. The van der Waals surface area contributed by atoms with E-state index in [1.165, 1.54) is 12.1 Å². The molecule has 0 saturated carbocycles. The summed E-state index contributed by atoms with van der Waals surface area (Å²) < 4.78 is 15.9. The number of aryl methyl sites for hydroxylation is 2. The number of halogens is 1. The summed E-state index contributed by atoms with van der Waals surface area (Å²) in [5.41, 5.74) is 13.5. The van der Waals surface area contributed by atoms with Gasteiger partial charge in [0, 0.05) is 35.4 Å². The Morgan fingerprint density at radius 3 is 2.61 bits per heavy atom. The fraction of sp³-hybridized carbons (Fsp3) is 0.176. The lowest BCUT2D eigenvalue weighted by Crippen LogP contribution is -2.22. The molecule has 2 heterocycles. The van der Waals surface area contributed by atoms with Crippen LogP contribution in [0.5, 0.6) is 0 Å². The fourth-order valence-corrected chi connectivity index (χ4v) is 2.69. The standard InChI is InChI=1S/C17H17FN4O/c1-3-22-15-7-16(20)21-8-10(15)5-12(17(22)23)11-6-14(19)9(2)4-13(11)18/h4-8H,3,19H2,1-2H3,(H2,20,21). The minimum Gasteiger partial charge on any atom is -0.398 e. The van der Waals surface area contributed by atoms with Crippen LogP contribution in [0.3, 0.4) is 0 Å². The van der Waals surface area contributed by atoms with Crippen LogP contribution in [0.1, 0.15) is 12.5 Å². The third-order valence-corrected chi connectivity index (χ3v) is 3.96. The van der Waals surface area contributed by atoms with Gasteiger partial charge in [0.05, 0.1) is 11.1 Å². The van der Waals surface area contributed by atoms with Gasteiger partial charge in [-0.2, -0.15) is 0 Å². The van der Waals surface area contributed by atoms with Gasteiger partial charge in [-0.25, -0.2) is 9.37 Å². The quantitative estimate of drug-likeness (QED) is 0.712. The summed E-state index contributed by atoms with van der Waals surface area (Å²) in [6.45, 7) is 4.01. The van der Waals surface area contributed by atoms with Crippen LogP contribution in [-0.2, 0) is 6.54 Å². The van der Waals surface area contributed by atoms with Gasteiger partial charge in [-0.15, -0.1) is 0 Å². The molecule has 118 valence electrons. The maximum Gasteiger partial charge on any atom is 0.259 e. The Labute approximate surface area is 132 Å². The highest BCUT2D eigenvalue weighted by Gasteiger charge is 2.15. The van der Waals surface area contributed by atoms with Crippen molar-refractivity contribution in [3.63, 3.8) is 0 Å². The number of hydrogen-bond donors (Lipinski definition) is 2. The summed E-state index contributed by atoms with van der Waals surface area (Å²) in [6, 6.07) is 6.11. The summed E-state index contributed by atoms with van der Waals surface area (Å²) in [5, 5.41) is 0.717. The lowest BCUT2D eigenvalue weighted by atomic mass is 10.0. The number of hydrogen-bond acceptors (Lipinski definition) is 4. The number of anilines is 2. The Morgan fingerprint density at radius 1 is 1.17 bits per heavy atom. The van der Waals surface area contributed by atoms with E-state index in [1.807, 2.05) is 6.92 Å². The van der Waals surface area contributed by atoms with Crippen molar-refractivity contribution >= 4 is 22.4 Å². The second-order valence-electron chi connectivity index (χ2n) is 5.46. The van der Waals surface area contributed by atoms with Gasteiger partial charge in [0.25, 0.3) is 5.56 Å². The average molecular weight is 312 g/mol. The van der Waals surface area contributed by atoms with E-state index in [2.05, 4.69) is 4.98 Å². The fourth-order valence-electron chi connectivity index (χ4n) is 2.69. The largest absolute Gasteiger partial charge is 0.398 e. The molecule has 4 N–H and O–H groups in total. The van der Waals surface area contributed by atoms with Crippen LogP contribution in [0.4, 0.5) is 15.9 Å². The van der Waals surface area contributed by atoms with Crippen molar-refractivity contribution in [3.8, 4) is 11.1 Å². The molecule has 0 aliphatic carbocycles. The van der Waals surface area contributed by atoms with Crippen LogP contribution in [0, 0.1) is 12.7 Å². The van der Waals surface area contributed by atoms with Crippen LogP contribution < -0.4 is 17.0 Å². The molecule has 5 nitrogen and oxygen atoms in total. The Morgan fingerprint density at radius 2 is 1.91 bits per heavy atom. The first-order valence-corrected chi connectivity index (χ1v) is 7.27. The van der Waals surface area contributed by atoms with E-state index in [9.17, 15) is 9.18 Å². The summed E-state index contributed by atoms with van der Waals surface area (Å²) in [7, 11) is 0. The molecule has 0 spiro atoms. The lowest BCUT2D eigenvalue weighted by molar-refractivity contribution is 0.629. The molecule has 0 aliphatic heterocycles. The number of fused-ring (bicyclic) bond motifs is 1. The van der Waals surface area contributed by atoms with E-state index in [4.69, 9.17) is 11.5 Å². The van der Waals surface area contributed by atoms with E-state index in [0.717, 1.165) is 0 Å². The summed E-state index contributed by atoms with van der Waals surface area (Å²) >= 11 is 0. The van der Waals surface area contributed by atoms with Gasteiger partial charge < -0.3 is 16.0 Å². The monoisotopic (exact) mass is 312 g/mol. The molecule has 0 bridgehead atoms. The van der Waals surface area contributed by atoms with Crippen LogP contribution in [0.2, 0.25) is 0 Å². The molecule has 0 saturated heterocycles. The average Bonchev–Trinajstić information content (AvgIpc) is 2.51. The number of rotatable bonds is 2. The maximum absolute atomic E-state index is 14.4. The molecule has 0 amide bonds. The molecule has 23 heavy (non-hydrogen) atoms. The molecule has 0 fully saturated rings. The zero-order chi connectivity index (χ0) is 16.7. The second kappa shape index (κ2) is 5.39. The third-order valence-electron chi connectivity index (χ3n) is 3.96. The van der Waals surface area contributed by atoms with Crippen molar-refractivity contribution in [2.24, 2.45) is 0 Å². The number of benzene rings is 1.